The second-order valence-electron chi connectivity index (χ2n) is 7.67. The predicted octanol–water partition coefficient (Wildman–Crippen LogP) is 5.67. The average molecular weight is 393 g/mol. The molecular weight excluding hydrogens is 364 g/mol. The van der Waals surface area contributed by atoms with Crippen LogP contribution in [0, 0.1) is 11.3 Å². The normalized spacial score (nSPS) is 12.8. The highest BCUT2D eigenvalue weighted by molar-refractivity contribution is 5.96. The second kappa shape index (κ2) is 7.96. The van der Waals surface area contributed by atoms with Crippen molar-refractivity contribution in [2.24, 2.45) is 0 Å². The molecule has 152 valence electrons. The Labute approximate surface area is 172 Å². The third kappa shape index (κ3) is 4.09. The van der Waals surface area contributed by atoms with Crippen LogP contribution in [0.4, 0.5) is 10.5 Å². The van der Waals surface area contributed by atoms with E-state index in [0.29, 0.717) is 12.1 Å². The van der Waals surface area contributed by atoms with E-state index in [9.17, 15) is 4.79 Å². The smallest absolute Gasteiger partial charge is 0.414 e. The SMILES string of the molecule is CC.CC(C)(C)OC(=O)N1CCc2ccc(-c3n[nH]c4cc(C#N)ccc34)cc21.[HH]. The molecule has 1 aliphatic heterocycles. The van der Waals surface area contributed by atoms with Crippen molar-refractivity contribution in [3.05, 3.63) is 47.5 Å². The minimum absolute atomic E-state index is 0. The van der Waals surface area contributed by atoms with Gasteiger partial charge in [-0.1, -0.05) is 26.0 Å². The zero-order valence-corrected chi connectivity index (χ0v) is 17.5. The van der Waals surface area contributed by atoms with Gasteiger partial charge in [-0.25, -0.2) is 4.79 Å². The molecule has 6 nitrogen and oxygen atoms in total. The number of ether oxygens (including phenoxy) is 1. The molecule has 2 heterocycles. The first kappa shape index (κ1) is 20.4. The van der Waals surface area contributed by atoms with Crippen LogP contribution in [0.2, 0.25) is 0 Å². The molecule has 1 aliphatic rings. The molecule has 1 aromatic heterocycles. The van der Waals surface area contributed by atoms with Gasteiger partial charge in [0.05, 0.1) is 28.5 Å². The number of nitrogens with zero attached hydrogens (tertiary/aromatic N) is 3. The highest BCUT2D eigenvalue weighted by Crippen LogP contribution is 2.35. The first-order valence-corrected chi connectivity index (χ1v) is 9.88. The Hall–Kier alpha value is -3.33. The Morgan fingerprint density at radius 3 is 2.69 bits per heavy atom. The summed E-state index contributed by atoms with van der Waals surface area (Å²) in [5.41, 5.74) is 4.57. The van der Waals surface area contributed by atoms with Gasteiger partial charge in [0.25, 0.3) is 0 Å². The summed E-state index contributed by atoms with van der Waals surface area (Å²) in [6.45, 7) is 10.2. The number of carbonyl (C=O) groups is 1. The van der Waals surface area contributed by atoms with Crippen molar-refractivity contribution in [2.45, 2.75) is 46.6 Å². The number of aromatic amines is 1. The molecule has 3 aromatic rings. The third-order valence-corrected chi connectivity index (χ3v) is 4.56. The fourth-order valence-corrected chi connectivity index (χ4v) is 3.34. The van der Waals surface area contributed by atoms with Crippen LogP contribution in [-0.4, -0.2) is 28.4 Å². The van der Waals surface area contributed by atoms with Gasteiger partial charge in [0.2, 0.25) is 0 Å². The summed E-state index contributed by atoms with van der Waals surface area (Å²) >= 11 is 0. The molecule has 0 radical (unpaired) electrons. The zero-order valence-electron chi connectivity index (χ0n) is 17.5. The van der Waals surface area contributed by atoms with E-state index in [0.717, 1.165) is 39.8 Å². The number of anilines is 1. The van der Waals surface area contributed by atoms with E-state index in [4.69, 9.17) is 10.00 Å². The fourth-order valence-electron chi connectivity index (χ4n) is 3.34. The second-order valence-corrected chi connectivity index (χ2v) is 7.67. The Morgan fingerprint density at radius 2 is 2.00 bits per heavy atom. The number of benzene rings is 2. The van der Waals surface area contributed by atoms with E-state index >= 15 is 0 Å². The molecule has 0 atom stereocenters. The molecule has 0 aliphatic carbocycles. The number of H-pyrrole nitrogens is 1. The van der Waals surface area contributed by atoms with Crippen LogP contribution in [0.15, 0.2) is 36.4 Å². The first-order chi connectivity index (χ1) is 13.9. The molecule has 0 bridgehead atoms. The first-order valence-electron chi connectivity index (χ1n) is 9.88. The number of rotatable bonds is 1. The molecule has 0 unspecified atom stereocenters. The van der Waals surface area contributed by atoms with Gasteiger partial charge in [0.1, 0.15) is 5.60 Å². The Balaban J connectivity index is 0.00000104. The lowest BCUT2D eigenvalue weighted by Gasteiger charge is -2.25. The van der Waals surface area contributed by atoms with Gasteiger partial charge in [-0.3, -0.25) is 10.00 Å². The van der Waals surface area contributed by atoms with Crippen molar-refractivity contribution in [2.75, 3.05) is 11.4 Å². The molecular formula is C23H28N4O2. The lowest BCUT2D eigenvalue weighted by Crippen LogP contribution is -2.35. The van der Waals surface area contributed by atoms with Crippen LogP contribution in [0.1, 0.15) is 47.2 Å². The third-order valence-electron chi connectivity index (χ3n) is 4.56. The van der Waals surface area contributed by atoms with Crippen LogP contribution in [-0.2, 0) is 11.2 Å². The molecule has 4 rings (SSSR count). The van der Waals surface area contributed by atoms with E-state index in [-0.39, 0.29) is 7.52 Å². The van der Waals surface area contributed by atoms with Crippen LogP contribution < -0.4 is 4.90 Å². The quantitative estimate of drug-likeness (QED) is 0.578. The maximum atomic E-state index is 12.6. The van der Waals surface area contributed by atoms with Gasteiger partial charge in [0.15, 0.2) is 0 Å². The fraction of sp³-hybridized carbons (Fsp3) is 0.348. The van der Waals surface area contributed by atoms with Crippen molar-refractivity contribution in [3.63, 3.8) is 0 Å². The van der Waals surface area contributed by atoms with Gasteiger partial charge < -0.3 is 4.74 Å². The number of hydrogen-bond donors (Lipinski definition) is 1. The number of aromatic nitrogens is 2. The van der Waals surface area contributed by atoms with E-state index < -0.39 is 5.60 Å². The van der Waals surface area contributed by atoms with E-state index in [2.05, 4.69) is 16.3 Å². The minimum Gasteiger partial charge on any atom is -0.443 e. The number of carbonyl (C=O) groups excluding carboxylic acids is 1. The van der Waals surface area contributed by atoms with Gasteiger partial charge in [-0.2, -0.15) is 10.4 Å². The van der Waals surface area contributed by atoms with Crippen molar-refractivity contribution in [1.82, 2.24) is 10.2 Å². The maximum Gasteiger partial charge on any atom is 0.414 e. The summed E-state index contributed by atoms with van der Waals surface area (Å²) in [7, 11) is 0. The number of fused-ring (bicyclic) bond motifs is 2. The Bertz CT molecular complexity index is 1090. The lowest BCUT2D eigenvalue weighted by atomic mass is 10.0. The number of nitrogens with one attached hydrogen (secondary N) is 1. The summed E-state index contributed by atoms with van der Waals surface area (Å²) in [5, 5.41) is 17.4. The number of amides is 1. The van der Waals surface area contributed by atoms with Crippen LogP contribution >= 0.6 is 0 Å². The highest BCUT2D eigenvalue weighted by atomic mass is 16.6. The predicted molar refractivity (Wildman–Crippen MR) is 117 cm³/mol. The minimum atomic E-state index is -0.533. The standard InChI is InChI=1S/C21H20N4O2.C2H6.H2/c1-21(2,3)27-20(26)25-9-8-14-5-6-15(11-18(14)25)19-16-7-4-13(12-22)10-17(16)23-24-19;1-2;/h4-7,10-11H,8-9H2,1-3H3,(H,23,24);1-2H3;1H. The number of hydrogen-bond acceptors (Lipinski definition) is 4. The molecule has 29 heavy (non-hydrogen) atoms. The van der Waals surface area contributed by atoms with Crippen LogP contribution in [0.3, 0.4) is 0 Å². The van der Waals surface area contributed by atoms with Gasteiger partial charge in [0, 0.05) is 18.9 Å². The summed E-state index contributed by atoms with van der Waals surface area (Å²) in [4.78, 5) is 14.2. The van der Waals surface area contributed by atoms with Gasteiger partial charge in [-0.05, 0) is 57.0 Å². The van der Waals surface area contributed by atoms with Gasteiger partial charge >= 0.3 is 6.09 Å². The van der Waals surface area contributed by atoms with Crippen molar-refractivity contribution in [3.8, 4) is 17.3 Å². The monoisotopic (exact) mass is 392 g/mol. The molecule has 1 amide bonds. The van der Waals surface area contributed by atoms with Crippen molar-refractivity contribution >= 4 is 22.7 Å². The number of nitriles is 1. The molecule has 0 saturated carbocycles. The molecule has 0 fully saturated rings. The molecule has 1 N–H and O–H groups in total. The zero-order chi connectivity index (χ0) is 21.2. The highest BCUT2D eigenvalue weighted by Gasteiger charge is 2.29. The average Bonchev–Trinajstić information content (AvgIpc) is 3.31. The van der Waals surface area contributed by atoms with Crippen molar-refractivity contribution < 1.29 is 11.0 Å². The van der Waals surface area contributed by atoms with E-state index in [1.807, 2.05) is 58.9 Å². The molecule has 2 aromatic carbocycles. The summed E-state index contributed by atoms with van der Waals surface area (Å²) in [6, 6.07) is 13.6. The topological polar surface area (TPSA) is 82.0 Å². The molecule has 6 heteroatoms. The van der Waals surface area contributed by atoms with Crippen LogP contribution in [0.5, 0.6) is 0 Å². The summed E-state index contributed by atoms with van der Waals surface area (Å²) < 4.78 is 5.54. The van der Waals surface area contributed by atoms with E-state index in [1.54, 1.807) is 17.0 Å². The van der Waals surface area contributed by atoms with Crippen LogP contribution in [0.25, 0.3) is 22.2 Å². The largest absolute Gasteiger partial charge is 0.443 e. The Morgan fingerprint density at radius 1 is 1.24 bits per heavy atom. The summed E-state index contributed by atoms with van der Waals surface area (Å²) in [5.74, 6) is 0. The molecule has 0 saturated heterocycles. The van der Waals surface area contributed by atoms with Gasteiger partial charge in [-0.15, -0.1) is 0 Å². The molecule has 0 spiro atoms. The van der Waals surface area contributed by atoms with Crippen molar-refractivity contribution in [1.29, 1.82) is 5.26 Å². The van der Waals surface area contributed by atoms with E-state index in [1.165, 1.54) is 0 Å². The lowest BCUT2D eigenvalue weighted by molar-refractivity contribution is 0.0584. The summed E-state index contributed by atoms with van der Waals surface area (Å²) in [6.07, 6.45) is 0.478. The maximum absolute atomic E-state index is 12.6. The Kier molecular flexibility index (Phi) is 5.60.